The van der Waals surface area contributed by atoms with Crippen LogP contribution in [0.15, 0.2) is 77.8 Å². The molecule has 3 nitrogen and oxygen atoms in total. The number of rotatable bonds is 3. The molecule has 0 unspecified atom stereocenters. The van der Waals surface area contributed by atoms with Crippen molar-refractivity contribution in [2.45, 2.75) is 11.7 Å². The predicted octanol–water partition coefficient (Wildman–Crippen LogP) is 4.30. The molecule has 0 bridgehead atoms. The normalized spacial score (nSPS) is 18.9. The van der Waals surface area contributed by atoms with Crippen LogP contribution in [0.25, 0.3) is 10.8 Å². The second-order valence-electron chi connectivity index (χ2n) is 5.69. The van der Waals surface area contributed by atoms with Crippen LogP contribution >= 0.6 is 11.8 Å². The molecule has 1 fully saturated rings. The molecule has 3 aromatic carbocycles. The number of thioether (sulfide) groups is 1. The number of amidine groups is 1. The number of carbonyl (C=O) groups excluding carboxylic acids is 1. The van der Waals surface area contributed by atoms with Crippen LogP contribution in [0.3, 0.4) is 0 Å². The highest BCUT2D eigenvalue weighted by molar-refractivity contribution is 8.15. The summed E-state index contributed by atoms with van der Waals surface area (Å²) in [5, 5.41) is 5.85. The van der Waals surface area contributed by atoms with E-state index in [2.05, 4.69) is 34.6 Å². The van der Waals surface area contributed by atoms with E-state index >= 15 is 0 Å². The van der Waals surface area contributed by atoms with Gasteiger partial charge in [-0.05, 0) is 34.9 Å². The fourth-order valence-corrected chi connectivity index (χ4v) is 3.90. The summed E-state index contributed by atoms with van der Waals surface area (Å²) in [7, 11) is 0. The Morgan fingerprint density at radius 3 is 2.54 bits per heavy atom. The molecule has 0 spiro atoms. The van der Waals surface area contributed by atoms with Gasteiger partial charge in [-0.25, -0.2) is 4.99 Å². The molecule has 118 valence electrons. The Kier molecular flexibility index (Phi) is 4.05. The van der Waals surface area contributed by atoms with Crippen LogP contribution < -0.4 is 5.32 Å². The summed E-state index contributed by atoms with van der Waals surface area (Å²) < 4.78 is 0. The Bertz CT molecular complexity index is 916. The van der Waals surface area contributed by atoms with Crippen LogP contribution in [0, 0.1) is 0 Å². The van der Waals surface area contributed by atoms with Gasteiger partial charge in [0.25, 0.3) is 0 Å². The zero-order valence-corrected chi connectivity index (χ0v) is 13.8. The maximum absolute atomic E-state index is 12.3. The van der Waals surface area contributed by atoms with E-state index in [0.29, 0.717) is 11.6 Å². The third-order valence-electron chi connectivity index (χ3n) is 4.05. The third-order valence-corrected chi connectivity index (χ3v) is 5.13. The standard InChI is InChI=1S/C20H16N2OS/c23-19-18(24-20(22-19)21-16-10-2-1-3-11-16)13-15-9-6-8-14-7-4-5-12-17(14)15/h1-12,18H,13H2,(H,21,22,23)/t18-/m0/s1. The molecular weight excluding hydrogens is 316 g/mol. The molecule has 1 N–H and O–H groups in total. The number of fused-ring (bicyclic) bond motifs is 1. The second kappa shape index (κ2) is 6.49. The monoisotopic (exact) mass is 332 g/mol. The van der Waals surface area contributed by atoms with Crippen LogP contribution in [0.1, 0.15) is 5.56 Å². The van der Waals surface area contributed by atoms with Gasteiger partial charge in [0, 0.05) is 0 Å². The van der Waals surface area contributed by atoms with Crippen molar-refractivity contribution in [2.24, 2.45) is 4.99 Å². The van der Waals surface area contributed by atoms with E-state index in [1.165, 1.54) is 28.1 Å². The molecule has 1 aliphatic rings. The van der Waals surface area contributed by atoms with E-state index in [1.807, 2.05) is 48.5 Å². The molecular formula is C20H16N2OS. The highest BCUT2D eigenvalue weighted by Crippen LogP contribution is 2.28. The van der Waals surface area contributed by atoms with Crippen molar-refractivity contribution < 1.29 is 4.79 Å². The summed E-state index contributed by atoms with van der Waals surface area (Å²) >= 11 is 1.51. The van der Waals surface area contributed by atoms with Crippen molar-refractivity contribution in [1.82, 2.24) is 5.32 Å². The maximum Gasteiger partial charge on any atom is 0.239 e. The van der Waals surface area contributed by atoms with Crippen molar-refractivity contribution in [3.63, 3.8) is 0 Å². The molecule has 4 heteroatoms. The lowest BCUT2D eigenvalue weighted by molar-refractivity contribution is -0.118. The summed E-state index contributed by atoms with van der Waals surface area (Å²) in [6, 6.07) is 24.2. The number of benzene rings is 3. The number of nitrogens with one attached hydrogen (secondary N) is 1. The van der Waals surface area contributed by atoms with Crippen molar-refractivity contribution in [3.05, 3.63) is 78.4 Å². The fraction of sp³-hybridized carbons (Fsp3) is 0.100. The molecule has 0 aliphatic carbocycles. The van der Waals surface area contributed by atoms with Gasteiger partial charge in [-0.1, -0.05) is 72.4 Å². The van der Waals surface area contributed by atoms with E-state index in [-0.39, 0.29) is 11.2 Å². The molecule has 1 aliphatic heterocycles. The van der Waals surface area contributed by atoms with Gasteiger partial charge >= 0.3 is 0 Å². The van der Waals surface area contributed by atoms with Crippen LogP contribution in [-0.4, -0.2) is 16.3 Å². The van der Waals surface area contributed by atoms with Crippen LogP contribution in [-0.2, 0) is 11.2 Å². The molecule has 1 amide bonds. The minimum atomic E-state index is -0.140. The van der Waals surface area contributed by atoms with Crippen molar-refractivity contribution in [1.29, 1.82) is 0 Å². The number of hydrogen-bond acceptors (Lipinski definition) is 3. The first-order chi connectivity index (χ1) is 11.8. The SMILES string of the molecule is O=C1NC(=Nc2ccccc2)S[C@H]1Cc1cccc2ccccc12. The zero-order valence-electron chi connectivity index (χ0n) is 13.0. The average molecular weight is 332 g/mol. The van der Waals surface area contributed by atoms with Crippen molar-refractivity contribution in [2.75, 3.05) is 0 Å². The van der Waals surface area contributed by atoms with Crippen molar-refractivity contribution in [3.8, 4) is 0 Å². The van der Waals surface area contributed by atoms with Crippen LogP contribution in [0.5, 0.6) is 0 Å². The Hall–Kier alpha value is -2.59. The molecule has 0 saturated carbocycles. The van der Waals surface area contributed by atoms with Crippen LogP contribution in [0.2, 0.25) is 0 Å². The number of hydrogen-bond donors (Lipinski definition) is 1. The fourth-order valence-electron chi connectivity index (χ4n) is 2.88. The third kappa shape index (κ3) is 3.05. The zero-order chi connectivity index (χ0) is 16.4. The Morgan fingerprint density at radius 1 is 0.917 bits per heavy atom. The van der Waals surface area contributed by atoms with E-state index < -0.39 is 0 Å². The van der Waals surface area contributed by atoms with E-state index in [9.17, 15) is 4.79 Å². The molecule has 0 radical (unpaired) electrons. The topological polar surface area (TPSA) is 41.5 Å². The minimum Gasteiger partial charge on any atom is -0.304 e. The number of para-hydroxylation sites is 1. The van der Waals surface area contributed by atoms with E-state index in [4.69, 9.17) is 0 Å². The summed E-state index contributed by atoms with van der Waals surface area (Å²) in [5.41, 5.74) is 2.05. The maximum atomic E-state index is 12.3. The number of carbonyl (C=O) groups is 1. The summed E-state index contributed by atoms with van der Waals surface area (Å²) in [4.78, 5) is 16.8. The largest absolute Gasteiger partial charge is 0.304 e. The van der Waals surface area contributed by atoms with Gasteiger partial charge in [-0.3, -0.25) is 4.79 Å². The molecule has 4 rings (SSSR count). The molecule has 24 heavy (non-hydrogen) atoms. The van der Waals surface area contributed by atoms with Gasteiger partial charge in [0.05, 0.1) is 10.9 Å². The lowest BCUT2D eigenvalue weighted by Crippen LogP contribution is -2.26. The van der Waals surface area contributed by atoms with Crippen LogP contribution in [0.4, 0.5) is 5.69 Å². The molecule has 1 atom stereocenters. The summed E-state index contributed by atoms with van der Waals surface area (Å²) in [6.07, 6.45) is 0.700. The highest BCUT2D eigenvalue weighted by Gasteiger charge is 2.30. The van der Waals surface area contributed by atoms with Gasteiger partial charge in [-0.2, -0.15) is 0 Å². The molecule has 3 aromatic rings. The van der Waals surface area contributed by atoms with Gasteiger partial charge in [0.2, 0.25) is 5.91 Å². The Morgan fingerprint density at radius 2 is 1.67 bits per heavy atom. The summed E-state index contributed by atoms with van der Waals surface area (Å²) in [5.74, 6) is 0.0302. The lowest BCUT2D eigenvalue weighted by atomic mass is 10.0. The lowest BCUT2D eigenvalue weighted by Gasteiger charge is -2.09. The van der Waals surface area contributed by atoms with Gasteiger partial charge < -0.3 is 5.32 Å². The van der Waals surface area contributed by atoms with E-state index in [0.717, 1.165) is 5.69 Å². The quantitative estimate of drug-likeness (QED) is 0.777. The number of amides is 1. The van der Waals surface area contributed by atoms with Crippen molar-refractivity contribution >= 4 is 39.3 Å². The Balaban J connectivity index is 1.57. The average Bonchev–Trinajstić information content (AvgIpc) is 2.95. The molecule has 0 aromatic heterocycles. The molecule has 1 heterocycles. The first-order valence-electron chi connectivity index (χ1n) is 7.87. The summed E-state index contributed by atoms with van der Waals surface area (Å²) in [6.45, 7) is 0. The second-order valence-corrected chi connectivity index (χ2v) is 6.88. The van der Waals surface area contributed by atoms with Gasteiger partial charge in [-0.15, -0.1) is 0 Å². The Labute approximate surface area is 144 Å². The minimum absolute atomic E-state index is 0.0302. The van der Waals surface area contributed by atoms with Gasteiger partial charge in [0.1, 0.15) is 0 Å². The predicted molar refractivity (Wildman–Crippen MR) is 101 cm³/mol. The number of nitrogens with zero attached hydrogens (tertiary/aromatic N) is 1. The first kappa shape index (κ1) is 15.0. The highest BCUT2D eigenvalue weighted by atomic mass is 32.2. The number of aliphatic imine (C=N–C) groups is 1. The van der Waals surface area contributed by atoms with E-state index in [1.54, 1.807) is 0 Å². The first-order valence-corrected chi connectivity index (χ1v) is 8.75. The molecule has 1 saturated heterocycles. The van der Waals surface area contributed by atoms with Gasteiger partial charge in [0.15, 0.2) is 5.17 Å². The smallest absolute Gasteiger partial charge is 0.239 e.